The van der Waals surface area contributed by atoms with Gasteiger partial charge in [-0.3, -0.25) is 10.2 Å². The summed E-state index contributed by atoms with van der Waals surface area (Å²) in [5.41, 5.74) is 5.34. The number of aromatic nitrogens is 1. The van der Waals surface area contributed by atoms with E-state index >= 15 is 0 Å². The van der Waals surface area contributed by atoms with Crippen LogP contribution in [0.5, 0.6) is 0 Å². The normalized spacial score (nSPS) is 12.1. The Morgan fingerprint density at radius 2 is 1.90 bits per heavy atom. The van der Waals surface area contributed by atoms with Crippen molar-refractivity contribution in [2.45, 2.75) is 39.2 Å². The van der Waals surface area contributed by atoms with Gasteiger partial charge in [0.2, 0.25) is 0 Å². The van der Waals surface area contributed by atoms with Crippen molar-refractivity contribution in [1.82, 2.24) is 9.99 Å². The first-order valence-corrected chi connectivity index (χ1v) is 7.42. The number of carbonyl (C=O) groups is 1. The van der Waals surface area contributed by atoms with E-state index in [2.05, 4.69) is 48.1 Å². The highest BCUT2D eigenvalue weighted by atomic mass is 16.2. The summed E-state index contributed by atoms with van der Waals surface area (Å²) in [7, 11) is 0. The number of amides is 1. The fraction of sp³-hybridized carbons (Fsp3) is 0.353. The zero-order valence-corrected chi connectivity index (χ0v) is 12.7. The van der Waals surface area contributed by atoms with Gasteiger partial charge in [-0.05, 0) is 43.9 Å². The second-order valence-electron chi connectivity index (χ2n) is 5.30. The van der Waals surface area contributed by atoms with E-state index in [1.165, 1.54) is 11.3 Å². The van der Waals surface area contributed by atoms with Gasteiger partial charge in [0.25, 0.3) is 5.91 Å². The molecule has 0 aliphatic carbocycles. The average Bonchev–Trinajstić information content (AvgIpc) is 2.96. The van der Waals surface area contributed by atoms with Gasteiger partial charge in [-0.1, -0.05) is 37.3 Å². The maximum absolute atomic E-state index is 11.9. The van der Waals surface area contributed by atoms with Crippen molar-refractivity contribution < 1.29 is 4.79 Å². The quantitative estimate of drug-likeness (QED) is 0.487. The zero-order valence-electron chi connectivity index (χ0n) is 12.7. The Hall–Kier alpha value is -2.07. The van der Waals surface area contributed by atoms with E-state index in [0.717, 1.165) is 19.3 Å². The van der Waals surface area contributed by atoms with Gasteiger partial charge in [-0.2, -0.15) is 0 Å². The molecule has 1 heterocycles. The molecule has 2 aromatic rings. The fourth-order valence-corrected chi connectivity index (χ4v) is 2.57. The molecule has 0 spiro atoms. The molecule has 0 aliphatic heterocycles. The van der Waals surface area contributed by atoms with Crippen LogP contribution in [0.15, 0.2) is 42.5 Å². The van der Waals surface area contributed by atoms with E-state index < -0.39 is 0 Å². The summed E-state index contributed by atoms with van der Waals surface area (Å²) in [5.74, 6) is 5.04. The second kappa shape index (κ2) is 7.09. The van der Waals surface area contributed by atoms with Crippen molar-refractivity contribution >= 4 is 5.91 Å². The lowest BCUT2D eigenvalue weighted by atomic mass is 10.1. The molecule has 4 nitrogen and oxygen atoms in total. The Morgan fingerprint density at radius 1 is 1.19 bits per heavy atom. The SMILES string of the molecule is CC[C@H](C)n1c(CCc2ccccc2)ccc1C(=O)NN. The molecular formula is C17H23N3O. The van der Waals surface area contributed by atoms with Gasteiger partial charge < -0.3 is 4.57 Å². The number of nitrogens with two attached hydrogens (primary N) is 1. The van der Waals surface area contributed by atoms with Crippen molar-refractivity contribution in [3.63, 3.8) is 0 Å². The third kappa shape index (κ3) is 3.52. The number of rotatable bonds is 6. The lowest BCUT2D eigenvalue weighted by Gasteiger charge is -2.19. The largest absolute Gasteiger partial charge is 0.338 e. The van der Waals surface area contributed by atoms with Crippen molar-refractivity contribution in [3.05, 3.63) is 59.4 Å². The first-order valence-electron chi connectivity index (χ1n) is 7.42. The summed E-state index contributed by atoms with van der Waals surface area (Å²) in [4.78, 5) is 11.9. The lowest BCUT2D eigenvalue weighted by molar-refractivity contribution is 0.0942. The molecule has 0 aliphatic rings. The number of nitrogens with zero attached hydrogens (tertiary/aromatic N) is 1. The maximum Gasteiger partial charge on any atom is 0.281 e. The topological polar surface area (TPSA) is 60.0 Å². The molecule has 21 heavy (non-hydrogen) atoms. The molecule has 1 atom stereocenters. The lowest BCUT2D eigenvalue weighted by Crippen LogP contribution is -2.32. The van der Waals surface area contributed by atoms with Gasteiger partial charge in [0.1, 0.15) is 5.69 Å². The van der Waals surface area contributed by atoms with Gasteiger partial charge in [0.05, 0.1) is 0 Å². The Morgan fingerprint density at radius 3 is 2.52 bits per heavy atom. The Labute approximate surface area is 125 Å². The zero-order chi connectivity index (χ0) is 15.2. The minimum atomic E-state index is -0.235. The Kier molecular flexibility index (Phi) is 5.17. The van der Waals surface area contributed by atoms with E-state index in [0.29, 0.717) is 5.69 Å². The Balaban J connectivity index is 2.22. The van der Waals surface area contributed by atoms with Gasteiger partial charge in [-0.25, -0.2) is 5.84 Å². The summed E-state index contributed by atoms with van der Waals surface area (Å²) >= 11 is 0. The first kappa shape index (κ1) is 15.3. The molecular weight excluding hydrogens is 262 g/mol. The number of carbonyl (C=O) groups excluding carboxylic acids is 1. The van der Waals surface area contributed by atoms with E-state index in [1.54, 1.807) is 0 Å². The molecule has 1 aromatic heterocycles. The standard InChI is InChI=1S/C17H23N3O/c1-3-13(2)20-15(11-12-16(20)17(21)19-18)10-9-14-7-5-4-6-8-14/h4-8,11-13H,3,9-10,18H2,1-2H3,(H,19,21)/t13-/m0/s1. The van der Waals surface area contributed by atoms with Gasteiger partial charge >= 0.3 is 0 Å². The number of aryl methyl sites for hydroxylation is 2. The van der Waals surface area contributed by atoms with Crippen LogP contribution in [0.1, 0.15) is 48.1 Å². The number of hydrogen-bond acceptors (Lipinski definition) is 2. The maximum atomic E-state index is 11.9. The summed E-state index contributed by atoms with van der Waals surface area (Å²) in [5, 5.41) is 0. The highest BCUT2D eigenvalue weighted by molar-refractivity contribution is 5.92. The minimum absolute atomic E-state index is 0.235. The molecule has 0 unspecified atom stereocenters. The van der Waals surface area contributed by atoms with Crippen LogP contribution in [0.25, 0.3) is 0 Å². The average molecular weight is 285 g/mol. The number of hydrazine groups is 1. The predicted molar refractivity (Wildman–Crippen MR) is 84.9 cm³/mol. The highest BCUT2D eigenvalue weighted by Gasteiger charge is 2.17. The molecule has 2 rings (SSSR count). The van der Waals surface area contributed by atoms with Crippen molar-refractivity contribution in [2.75, 3.05) is 0 Å². The van der Waals surface area contributed by atoms with E-state index in [1.807, 2.05) is 18.2 Å². The van der Waals surface area contributed by atoms with Crippen LogP contribution in [0.3, 0.4) is 0 Å². The van der Waals surface area contributed by atoms with Crippen LogP contribution >= 0.6 is 0 Å². The smallest absolute Gasteiger partial charge is 0.281 e. The number of nitrogens with one attached hydrogen (secondary N) is 1. The summed E-state index contributed by atoms with van der Waals surface area (Å²) in [6.07, 6.45) is 2.84. The summed E-state index contributed by atoms with van der Waals surface area (Å²) in [6.45, 7) is 4.25. The predicted octanol–water partition coefficient (Wildman–Crippen LogP) is 2.85. The summed E-state index contributed by atoms with van der Waals surface area (Å²) < 4.78 is 2.10. The fourth-order valence-electron chi connectivity index (χ4n) is 2.57. The molecule has 1 amide bonds. The molecule has 0 saturated carbocycles. The van der Waals surface area contributed by atoms with E-state index in [4.69, 9.17) is 5.84 Å². The van der Waals surface area contributed by atoms with Crippen LogP contribution < -0.4 is 11.3 Å². The van der Waals surface area contributed by atoms with Crippen molar-refractivity contribution in [3.8, 4) is 0 Å². The number of benzene rings is 1. The summed E-state index contributed by atoms with van der Waals surface area (Å²) in [6, 6.07) is 14.5. The molecule has 4 heteroatoms. The number of nitrogen functional groups attached to an aromatic ring is 1. The molecule has 0 bridgehead atoms. The van der Waals surface area contributed by atoms with Crippen LogP contribution in [0.4, 0.5) is 0 Å². The second-order valence-corrected chi connectivity index (χ2v) is 5.30. The number of hydrogen-bond donors (Lipinski definition) is 2. The van der Waals surface area contributed by atoms with Gasteiger partial charge in [0, 0.05) is 11.7 Å². The molecule has 0 radical (unpaired) electrons. The monoisotopic (exact) mass is 285 g/mol. The third-order valence-corrected chi connectivity index (χ3v) is 3.91. The van der Waals surface area contributed by atoms with Gasteiger partial charge in [-0.15, -0.1) is 0 Å². The van der Waals surface area contributed by atoms with Crippen LogP contribution in [-0.4, -0.2) is 10.5 Å². The molecule has 3 N–H and O–H groups in total. The van der Waals surface area contributed by atoms with Gasteiger partial charge in [0.15, 0.2) is 0 Å². The van der Waals surface area contributed by atoms with Crippen molar-refractivity contribution in [2.24, 2.45) is 5.84 Å². The first-order chi connectivity index (χ1) is 10.2. The Bertz CT molecular complexity index is 589. The molecule has 112 valence electrons. The van der Waals surface area contributed by atoms with Crippen LogP contribution in [0.2, 0.25) is 0 Å². The van der Waals surface area contributed by atoms with E-state index in [9.17, 15) is 4.79 Å². The molecule has 0 fully saturated rings. The molecule has 0 saturated heterocycles. The van der Waals surface area contributed by atoms with Crippen LogP contribution in [0, 0.1) is 0 Å². The third-order valence-electron chi connectivity index (χ3n) is 3.91. The van der Waals surface area contributed by atoms with Crippen molar-refractivity contribution in [1.29, 1.82) is 0 Å². The highest BCUT2D eigenvalue weighted by Crippen LogP contribution is 2.20. The van der Waals surface area contributed by atoms with E-state index in [-0.39, 0.29) is 11.9 Å². The van der Waals surface area contributed by atoms with Crippen LogP contribution in [-0.2, 0) is 12.8 Å². The minimum Gasteiger partial charge on any atom is -0.338 e. The molecule has 1 aromatic carbocycles.